The first-order chi connectivity index (χ1) is 23.9. The zero-order chi connectivity index (χ0) is 37.9. The zero-order valence-corrected chi connectivity index (χ0v) is 31.2. The summed E-state index contributed by atoms with van der Waals surface area (Å²) in [5.41, 5.74) is 1.09. The number of aliphatic hydroxyl groups is 1. The van der Waals surface area contributed by atoms with E-state index in [-0.39, 0.29) is 31.7 Å². The first-order valence-electron chi connectivity index (χ1n) is 16.9. The standard InChI is InChI=1S/C37H50F2N4O7Si/c1-37(2,3)35(31-18-26(29-19-27(38)12-13-30(29)39)22-42(31)21-25-10-8-7-9-11-25)43(33(46)24-44)23-28(41-32(45)14-15-34(47)48)20-40-36(49)50-16-17-51(4,5)6/h7-13,18-19,22,28,35,44H,14-17,20-21,23-24H2,1-6H3,(H,40,49)(H,41,45)(H,47,48)/q-1/t28-,35-/m0/s1. The van der Waals surface area contributed by atoms with Crippen LogP contribution in [0.2, 0.25) is 25.7 Å². The van der Waals surface area contributed by atoms with Crippen LogP contribution < -0.4 is 10.6 Å². The average Bonchev–Trinajstić information content (AvgIpc) is 3.44. The first kappa shape index (κ1) is 40.9. The van der Waals surface area contributed by atoms with E-state index in [4.69, 9.17) is 9.84 Å². The van der Waals surface area contributed by atoms with E-state index in [0.29, 0.717) is 17.8 Å². The van der Waals surface area contributed by atoms with E-state index in [9.17, 15) is 28.7 Å². The lowest BCUT2D eigenvalue weighted by atomic mass is 9.82. The molecule has 0 aliphatic rings. The highest BCUT2D eigenvalue weighted by atomic mass is 28.3. The van der Waals surface area contributed by atoms with Gasteiger partial charge in [0, 0.05) is 49.1 Å². The van der Waals surface area contributed by atoms with Crippen LogP contribution in [0.4, 0.5) is 13.6 Å². The molecule has 3 amide bonds. The molecule has 2 atom stereocenters. The summed E-state index contributed by atoms with van der Waals surface area (Å²) in [5, 5.41) is 24.7. The number of nitrogens with one attached hydrogen (secondary N) is 2. The number of carboxylic acids is 1. The van der Waals surface area contributed by atoms with E-state index in [1.165, 1.54) is 4.90 Å². The SMILES string of the molecule is CC(C)(C)[C@H](c1cc(-c2cc(F)ccc2F)cn1Cc1ccccc1)N(C[C@H](CNC(=O)OCC[Si-](C)(C)C)NC(=O)CCC(=O)O)C(=O)CO. The number of aliphatic carboxylic acids is 1. The number of halogens is 2. The molecular formula is C37H50F2N4O7Si-. The Morgan fingerprint density at radius 2 is 1.69 bits per heavy atom. The Morgan fingerprint density at radius 1 is 1.00 bits per heavy atom. The van der Waals surface area contributed by atoms with Gasteiger partial charge in [-0.3, -0.25) is 14.4 Å². The largest absolute Gasteiger partial charge is 0.481 e. The number of carboxylic acid groups (broad SMARTS) is 1. The molecule has 0 aliphatic carbocycles. The molecule has 0 saturated carbocycles. The minimum Gasteiger partial charge on any atom is -0.481 e. The van der Waals surface area contributed by atoms with Crippen molar-refractivity contribution in [1.82, 2.24) is 20.1 Å². The van der Waals surface area contributed by atoms with Crippen molar-refractivity contribution in [2.75, 3.05) is 26.3 Å². The lowest BCUT2D eigenvalue weighted by Crippen LogP contribution is -2.54. The third kappa shape index (κ3) is 12.9. The maximum atomic E-state index is 15.1. The summed E-state index contributed by atoms with van der Waals surface area (Å²) in [4.78, 5) is 51.8. The predicted octanol–water partition coefficient (Wildman–Crippen LogP) is 5.80. The molecule has 1 heterocycles. The second-order valence-electron chi connectivity index (χ2n) is 14.8. The predicted molar refractivity (Wildman–Crippen MR) is 193 cm³/mol. The lowest BCUT2D eigenvalue weighted by molar-refractivity contribution is -0.140. The lowest BCUT2D eigenvalue weighted by Gasteiger charge is -2.42. The number of carbonyl (C=O) groups is 4. The number of hydrogen-bond acceptors (Lipinski definition) is 6. The number of benzene rings is 2. The second kappa shape index (κ2) is 18.1. The third-order valence-corrected chi connectivity index (χ3v) is 9.86. The monoisotopic (exact) mass is 728 g/mol. The summed E-state index contributed by atoms with van der Waals surface area (Å²) in [6, 6.07) is 13.3. The maximum absolute atomic E-state index is 15.1. The summed E-state index contributed by atoms with van der Waals surface area (Å²) in [6.45, 7) is 11.3. The number of rotatable bonds is 17. The van der Waals surface area contributed by atoms with Gasteiger partial charge in [0.25, 0.3) is 0 Å². The van der Waals surface area contributed by atoms with Crippen LogP contribution in [-0.2, 0) is 25.7 Å². The Balaban J connectivity index is 2.08. The van der Waals surface area contributed by atoms with Gasteiger partial charge in [-0.25, -0.2) is 13.6 Å². The molecule has 0 bridgehead atoms. The highest BCUT2D eigenvalue weighted by molar-refractivity contribution is 6.76. The number of alkyl carbamates (subject to hydrolysis) is 1. The number of ether oxygens (including phenoxy) is 1. The molecule has 14 heteroatoms. The van der Waals surface area contributed by atoms with Crippen molar-refractivity contribution in [3.05, 3.63) is 83.7 Å². The van der Waals surface area contributed by atoms with E-state index >= 15 is 4.39 Å². The highest BCUT2D eigenvalue weighted by Gasteiger charge is 2.38. The van der Waals surface area contributed by atoms with E-state index in [1.54, 1.807) is 12.3 Å². The molecule has 0 saturated heterocycles. The van der Waals surface area contributed by atoms with Crippen LogP contribution in [-0.4, -0.2) is 84.0 Å². The van der Waals surface area contributed by atoms with Crippen LogP contribution >= 0.6 is 0 Å². The van der Waals surface area contributed by atoms with E-state index in [2.05, 4.69) is 30.3 Å². The van der Waals surface area contributed by atoms with Gasteiger partial charge in [-0.1, -0.05) is 51.1 Å². The molecule has 2 aromatic carbocycles. The van der Waals surface area contributed by atoms with E-state index in [0.717, 1.165) is 29.8 Å². The van der Waals surface area contributed by atoms with Crippen molar-refractivity contribution in [2.24, 2.45) is 5.41 Å². The molecule has 11 nitrogen and oxygen atoms in total. The fourth-order valence-electron chi connectivity index (χ4n) is 5.68. The number of hydrogen-bond donors (Lipinski definition) is 4. The summed E-state index contributed by atoms with van der Waals surface area (Å²) in [7, 11) is -1.49. The molecule has 3 aromatic rings. The van der Waals surface area contributed by atoms with Crippen LogP contribution in [0, 0.1) is 17.0 Å². The number of aliphatic hydroxyl groups excluding tert-OH is 1. The van der Waals surface area contributed by atoms with Gasteiger partial charge >= 0.3 is 12.1 Å². The van der Waals surface area contributed by atoms with Gasteiger partial charge in [0.1, 0.15) is 18.2 Å². The van der Waals surface area contributed by atoms with Crippen LogP contribution in [0.15, 0.2) is 60.8 Å². The minimum atomic E-state index is -1.49. The summed E-state index contributed by atoms with van der Waals surface area (Å²) >= 11 is 0. The van der Waals surface area contributed by atoms with Gasteiger partial charge in [-0.15, -0.1) is 14.1 Å². The van der Waals surface area contributed by atoms with Crippen LogP contribution in [0.3, 0.4) is 0 Å². The van der Waals surface area contributed by atoms with Crippen molar-refractivity contribution >= 4 is 32.0 Å². The highest BCUT2D eigenvalue weighted by Crippen LogP contribution is 2.41. The van der Waals surface area contributed by atoms with Crippen molar-refractivity contribution in [3.63, 3.8) is 0 Å². The van der Waals surface area contributed by atoms with E-state index in [1.807, 2.05) is 55.7 Å². The van der Waals surface area contributed by atoms with Gasteiger partial charge in [0.05, 0.1) is 25.1 Å². The second-order valence-corrected chi connectivity index (χ2v) is 20.5. The smallest absolute Gasteiger partial charge is 0.407 e. The normalized spacial score (nSPS) is 12.9. The Bertz CT molecular complexity index is 1650. The maximum Gasteiger partial charge on any atom is 0.407 e. The number of amides is 3. The van der Waals surface area contributed by atoms with Crippen LogP contribution in [0.5, 0.6) is 0 Å². The molecule has 51 heavy (non-hydrogen) atoms. The van der Waals surface area contributed by atoms with Gasteiger partial charge in [0.15, 0.2) is 0 Å². The molecule has 279 valence electrons. The number of aromatic nitrogens is 1. The Hall–Kier alpha value is -4.56. The van der Waals surface area contributed by atoms with Gasteiger partial charge < -0.3 is 35.1 Å². The quantitative estimate of drug-likeness (QED) is 0.128. The van der Waals surface area contributed by atoms with Crippen molar-refractivity contribution in [2.45, 2.75) is 77.9 Å². The van der Waals surface area contributed by atoms with Crippen molar-refractivity contribution in [3.8, 4) is 11.1 Å². The first-order valence-corrected chi connectivity index (χ1v) is 20.6. The van der Waals surface area contributed by atoms with E-state index < -0.39 is 74.1 Å². The van der Waals surface area contributed by atoms with Crippen LogP contribution in [0.1, 0.15) is 50.9 Å². The van der Waals surface area contributed by atoms with Gasteiger partial charge in [0.2, 0.25) is 11.8 Å². The van der Waals surface area contributed by atoms with Crippen molar-refractivity contribution < 1.29 is 42.9 Å². The molecule has 3 rings (SSSR count). The summed E-state index contributed by atoms with van der Waals surface area (Å²) in [6.07, 6.45) is 0.194. The summed E-state index contributed by atoms with van der Waals surface area (Å²) in [5.74, 6) is -3.73. The molecular weight excluding hydrogens is 679 g/mol. The Labute approximate surface area is 299 Å². The number of carbonyl (C=O) groups excluding carboxylic acids is 3. The Morgan fingerprint density at radius 3 is 2.29 bits per heavy atom. The minimum absolute atomic E-state index is 0.0242. The molecule has 0 fully saturated rings. The fourth-order valence-corrected chi connectivity index (χ4v) is 6.39. The summed E-state index contributed by atoms with van der Waals surface area (Å²) < 4.78 is 36.6. The molecule has 4 N–H and O–H groups in total. The zero-order valence-electron chi connectivity index (χ0n) is 30.2. The number of nitrogens with zero attached hydrogens (tertiary/aromatic N) is 2. The molecule has 1 aromatic heterocycles. The molecule has 0 radical (unpaired) electrons. The molecule has 0 aliphatic heterocycles. The topological polar surface area (TPSA) is 150 Å². The Kier molecular flexibility index (Phi) is 14.5. The fraction of sp³-hybridized carbons (Fsp3) is 0.459. The molecule has 0 spiro atoms. The van der Waals surface area contributed by atoms with Crippen LogP contribution in [0.25, 0.3) is 11.1 Å². The molecule has 0 unspecified atom stereocenters. The van der Waals surface area contributed by atoms with Gasteiger partial charge in [-0.05, 0) is 35.2 Å². The average molecular weight is 729 g/mol. The third-order valence-electron chi connectivity index (χ3n) is 8.16. The van der Waals surface area contributed by atoms with Crippen molar-refractivity contribution in [1.29, 1.82) is 0 Å². The van der Waals surface area contributed by atoms with Gasteiger partial charge in [-0.2, -0.15) is 19.6 Å².